The first-order chi connectivity index (χ1) is 14.8. The zero-order chi connectivity index (χ0) is 20.2. The lowest BCUT2D eigenvalue weighted by molar-refractivity contribution is 0.104. The van der Waals surface area contributed by atoms with E-state index in [1.165, 1.54) is 0 Å². The molecule has 4 aromatic carbocycles. The minimum absolute atomic E-state index is 0.0177. The van der Waals surface area contributed by atoms with Gasteiger partial charge in [-0.3, -0.25) is 4.79 Å². The van der Waals surface area contributed by atoms with Crippen LogP contribution in [0.3, 0.4) is 0 Å². The first-order valence-corrected chi connectivity index (χ1v) is 9.91. The van der Waals surface area contributed by atoms with Crippen LogP contribution in [0.1, 0.15) is 15.9 Å². The van der Waals surface area contributed by atoms with Crippen LogP contribution in [0.15, 0.2) is 84.9 Å². The molecule has 6 rings (SSSR count). The zero-order valence-corrected chi connectivity index (χ0v) is 16.3. The minimum atomic E-state index is 0.0177. The van der Waals surface area contributed by atoms with Crippen molar-refractivity contribution in [2.45, 2.75) is 0 Å². The van der Waals surface area contributed by atoms with Gasteiger partial charge in [0.25, 0.3) is 0 Å². The molecule has 142 valence electrons. The Morgan fingerprint density at radius 1 is 0.667 bits per heavy atom. The first kappa shape index (κ1) is 16.9. The maximum Gasteiger partial charge on any atom is 0.196 e. The molecule has 1 aliphatic carbocycles. The van der Waals surface area contributed by atoms with E-state index in [1.807, 2.05) is 60.7 Å². The summed E-state index contributed by atoms with van der Waals surface area (Å²) in [6.07, 6.45) is 0. The third-order valence-electron chi connectivity index (χ3n) is 5.91. The molecule has 3 heteroatoms. The molecule has 0 fully saturated rings. The summed E-state index contributed by atoms with van der Waals surface area (Å²) in [5.74, 6) is 0.758. The van der Waals surface area contributed by atoms with Crippen molar-refractivity contribution < 1.29 is 9.53 Å². The smallest absolute Gasteiger partial charge is 0.196 e. The number of aromatic nitrogens is 1. The predicted molar refractivity (Wildman–Crippen MR) is 120 cm³/mol. The zero-order valence-electron chi connectivity index (χ0n) is 16.3. The Bertz CT molecular complexity index is 1500. The summed E-state index contributed by atoms with van der Waals surface area (Å²) in [6.45, 7) is 0. The lowest BCUT2D eigenvalue weighted by Crippen LogP contribution is -2.02. The molecule has 0 radical (unpaired) electrons. The minimum Gasteiger partial charge on any atom is -0.496 e. The van der Waals surface area contributed by atoms with Crippen molar-refractivity contribution >= 4 is 27.5 Å². The average Bonchev–Trinajstić information content (AvgIpc) is 3.09. The van der Waals surface area contributed by atoms with E-state index in [0.717, 1.165) is 49.8 Å². The van der Waals surface area contributed by atoms with Gasteiger partial charge >= 0.3 is 0 Å². The van der Waals surface area contributed by atoms with Gasteiger partial charge in [0.2, 0.25) is 0 Å². The fourth-order valence-electron chi connectivity index (χ4n) is 4.57. The number of carbonyl (C=O) groups is 1. The second-order valence-corrected chi connectivity index (χ2v) is 7.47. The number of carbonyl (C=O) groups excluding carboxylic acids is 1. The molecule has 3 nitrogen and oxygen atoms in total. The molecule has 0 N–H and O–H groups in total. The molecule has 1 aromatic heterocycles. The summed E-state index contributed by atoms with van der Waals surface area (Å²) in [4.78, 5) is 18.6. The van der Waals surface area contributed by atoms with Gasteiger partial charge < -0.3 is 4.74 Å². The summed E-state index contributed by atoms with van der Waals surface area (Å²) in [7, 11) is 1.66. The normalized spacial score (nSPS) is 12.2. The van der Waals surface area contributed by atoms with E-state index in [4.69, 9.17) is 9.72 Å². The monoisotopic (exact) mass is 387 g/mol. The van der Waals surface area contributed by atoms with Gasteiger partial charge in [-0.1, -0.05) is 78.9 Å². The molecule has 0 saturated carbocycles. The Labute approximate surface area is 173 Å². The van der Waals surface area contributed by atoms with Crippen molar-refractivity contribution in [3.63, 3.8) is 0 Å². The van der Waals surface area contributed by atoms with Gasteiger partial charge in [-0.15, -0.1) is 0 Å². The van der Waals surface area contributed by atoms with Crippen molar-refractivity contribution in [3.05, 3.63) is 96.1 Å². The number of methoxy groups -OCH3 is 1. The molecule has 1 aliphatic rings. The number of pyridine rings is 1. The number of ether oxygens (including phenoxy) is 1. The number of fused-ring (bicyclic) bond motifs is 6. The van der Waals surface area contributed by atoms with Gasteiger partial charge in [0.05, 0.1) is 23.9 Å². The molecular weight excluding hydrogens is 370 g/mol. The Balaban J connectivity index is 1.85. The maximum absolute atomic E-state index is 13.5. The van der Waals surface area contributed by atoms with Crippen molar-refractivity contribution in [1.82, 2.24) is 4.98 Å². The number of hydrogen-bond donors (Lipinski definition) is 0. The molecule has 0 saturated heterocycles. The van der Waals surface area contributed by atoms with E-state index in [9.17, 15) is 4.79 Å². The number of benzene rings is 4. The molecule has 0 amide bonds. The molecule has 0 spiro atoms. The number of nitrogens with zero attached hydrogens (tertiary/aromatic N) is 1. The summed E-state index contributed by atoms with van der Waals surface area (Å²) in [5, 5.41) is 3.16. The van der Waals surface area contributed by atoms with Gasteiger partial charge in [0.1, 0.15) is 5.75 Å². The highest BCUT2D eigenvalue weighted by atomic mass is 16.5. The second kappa shape index (κ2) is 6.26. The Kier molecular flexibility index (Phi) is 3.53. The van der Waals surface area contributed by atoms with E-state index in [0.29, 0.717) is 11.1 Å². The Hall–Kier alpha value is -3.98. The van der Waals surface area contributed by atoms with Gasteiger partial charge in [-0.2, -0.15) is 0 Å². The SMILES string of the molecule is COc1ccccc1-c1c2c(nc3c1ccc1ccccc13)-c1ccccc1C2=O. The standard InChI is InChI=1S/C27H17NO2/c1-30-22-13-7-6-12-20(22)23-21-15-14-16-8-2-3-9-17(16)25(21)28-26-18-10-4-5-11-19(18)27(29)24(23)26/h2-15H,1H3. The molecule has 0 unspecified atom stereocenters. The van der Waals surface area contributed by atoms with Crippen LogP contribution in [0, 0.1) is 0 Å². The predicted octanol–water partition coefficient (Wildman–Crippen LogP) is 6.28. The van der Waals surface area contributed by atoms with E-state index in [-0.39, 0.29) is 5.78 Å². The second-order valence-electron chi connectivity index (χ2n) is 7.47. The Morgan fingerprint density at radius 3 is 2.20 bits per heavy atom. The van der Waals surface area contributed by atoms with Crippen LogP contribution < -0.4 is 4.74 Å². The summed E-state index contributed by atoms with van der Waals surface area (Å²) >= 11 is 0. The van der Waals surface area contributed by atoms with Crippen LogP contribution in [-0.2, 0) is 0 Å². The van der Waals surface area contributed by atoms with Crippen molar-refractivity contribution in [1.29, 1.82) is 0 Å². The van der Waals surface area contributed by atoms with Crippen molar-refractivity contribution in [3.8, 4) is 28.1 Å². The fraction of sp³-hybridized carbons (Fsp3) is 0.0370. The highest BCUT2D eigenvalue weighted by molar-refractivity contribution is 6.28. The lowest BCUT2D eigenvalue weighted by atomic mass is 9.91. The summed E-state index contributed by atoms with van der Waals surface area (Å²) < 4.78 is 5.68. The first-order valence-electron chi connectivity index (χ1n) is 9.91. The quantitative estimate of drug-likeness (QED) is 0.329. The van der Waals surface area contributed by atoms with Crippen molar-refractivity contribution in [2.24, 2.45) is 0 Å². The summed E-state index contributed by atoms with van der Waals surface area (Å²) in [6, 6.07) is 28.0. The number of hydrogen-bond acceptors (Lipinski definition) is 3. The third kappa shape index (κ3) is 2.20. The lowest BCUT2D eigenvalue weighted by Gasteiger charge is -2.16. The molecule has 1 heterocycles. The van der Waals surface area contributed by atoms with Crippen LogP contribution in [-0.4, -0.2) is 17.9 Å². The number of para-hydroxylation sites is 1. The number of ketones is 1. The highest BCUT2D eigenvalue weighted by Gasteiger charge is 2.33. The van der Waals surface area contributed by atoms with Gasteiger partial charge in [-0.25, -0.2) is 4.98 Å². The topological polar surface area (TPSA) is 39.2 Å². The van der Waals surface area contributed by atoms with Gasteiger partial charge in [0.15, 0.2) is 5.78 Å². The molecule has 0 bridgehead atoms. The largest absolute Gasteiger partial charge is 0.496 e. The molecule has 0 aliphatic heterocycles. The third-order valence-corrected chi connectivity index (χ3v) is 5.91. The van der Waals surface area contributed by atoms with Crippen LogP contribution in [0.5, 0.6) is 5.75 Å². The van der Waals surface area contributed by atoms with E-state index < -0.39 is 0 Å². The molecule has 5 aromatic rings. The highest BCUT2D eigenvalue weighted by Crippen LogP contribution is 2.46. The fourth-order valence-corrected chi connectivity index (χ4v) is 4.57. The van der Waals surface area contributed by atoms with E-state index in [2.05, 4.69) is 24.3 Å². The Morgan fingerprint density at radius 2 is 1.37 bits per heavy atom. The van der Waals surface area contributed by atoms with Crippen LogP contribution in [0.25, 0.3) is 44.1 Å². The van der Waals surface area contributed by atoms with E-state index >= 15 is 0 Å². The van der Waals surface area contributed by atoms with E-state index in [1.54, 1.807) is 7.11 Å². The van der Waals surface area contributed by atoms with Crippen LogP contribution in [0.2, 0.25) is 0 Å². The average molecular weight is 387 g/mol. The number of rotatable bonds is 2. The maximum atomic E-state index is 13.5. The van der Waals surface area contributed by atoms with Crippen molar-refractivity contribution in [2.75, 3.05) is 7.11 Å². The molecule has 0 atom stereocenters. The van der Waals surface area contributed by atoms with Gasteiger partial charge in [-0.05, 0) is 11.5 Å². The summed E-state index contributed by atoms with van der Waals surface area (Å²) in [5.41, 5.74) is 5.69. The van der Waals surface area contributed by atoms with Crippen LogP contribution in [0.4, 0.5) is 0 Å². The van der Waals surface area contributed by atoms with Crippen LogP contribution >= 0.6 is 0 Å². The molecule has 30 heavy (non-hydrogen) atoms. The van der Waals surface area contributed by atoms with Gasteiger partial charge in [0, 0.05) is 33.0 Å². The molecular formula is C27H17NO2.